The number of anilines is 1. The monoisotopic (exact) mass is 466 g/mol. The summed E-state index contributed by atoms with van der Waals surface area (Å²) in [5.41, 5.74) is 2.13. The number of ether oxygens (including phenoxy) is 1. The van der Waals surface area contributed by atoms with Crippen molar-refractivity contribution in [3.8, 4) is 5.75 Å². The van der Waals surface area contributed by atoms with Crippen LogP contribution in [0.5, 0.6) is 5.75 Å². The van der Waals surface area contributed by atoms with Gasteiger partial charge in [0, 0.05) is 43.8 Å². The molecule has 0 fully saturated rings. The number of pyridine rings is 1. The van der Waals surface area contributed by atoms with Crippen LogP contribution in [0.3, 0.4) is 0 Å². The zero-order valence-electron chi connectivity index (χ0n) is 18.2. The lowest BCUT2D eigenvalue weighted by atomic mass is 10.0. The molecule has 1 aliphatic heterocycles. The number of halogens is 1. The smallest absolute Gasteiger partial charge is 0.258 e. The van der Waals surface area contributed by atoms with Crippen molar-refractivity contribution in [3.05, 3.63) is 81.7 Å². The highest BCUT2D eigenvalue weighted by molar-refractivity contribution is 7.81. The Morgan fingerprint density at radius 1 is 1.18 bits per heavy atom. The lowest BCUT2D eigenvalue weighted by Gasteiger charge is -2.23. The maximum Gasteiger partial charge on any atom is 0.258 e. The van der Waals surface area contributed by atoms with Crippen molar-refractivity contribution < 1.29 is 13.9 Å². The summed E-state index contributed by atoms with van der Waals surface area (Å²) in [6, 6.07) is 11.9. The third-order valence-corrected chi connectivity index (χ3v) is 5.81. The molecule has 2 heterocycles. The summed E-state index contributed by atoms with van der Waals surface area (Å²) in [6.07, 6.45) is 2.34. The zero-order valence-corrected chi connectivity index (χ0v) is 19.0. The number of carbonyl (C=O) groups is 1. The summed E-state index contributed by atoms with van der Waals surface area (Å²) in [5.74, 6) is -0.836. The van der Waals surface area contributed by atoms with Crippen LogP contribution in [-0.2, 0) is 18.4 Å². The van der Waals surface area contributed by atoms with Gasteiger partial charge in [-0.15, -0.1) is 0 Å². The number of nitrogens with one attached hydrogen (secondary N) is 3. The number of para-hydroxylation sites is 1. The molecule has 170 valence electrons. The van der Waals surface area contributed by atoms with Gasteiger partial charge in [0.2, 0.25) is 0 Å². The highest BCUT2D eigenvalue weighted by Gasteiger charge is 2.25. The zero-order chi connectivity index (χ0) is 23.5. The minimum atomic E-state index is -0.535. The molecular formula is C24H23FN4O3S. The van der Waals surface area contributed by atoms with Crippen molar-refractivity contribution in [1.82, 2.24) is 15.2 Å². The molecule has 4 rings (SSSR count). The van der Waals surface area contributed by atoms with Crippen LogP contribution in [0.2, 0.25) is 0 Å². The Morgan fingerprint density at radius 2 is 1.94 bits per heavy atom. The topological polar surface area (TPSA) is 84.4 Å². The van der Waals surface area contributed by atoms with Gasteiger partial charge in [0.15, 0.2) is 11.6 Å². The minimum Gasteiger partial charge on any atom is -0.492 e. The van der Waals surface area contributed by atoms with Crippen LogP contribution in [-0.4, -0.2) is 29.1 Å². The average molecular weight is 467 g/mol. The van der Waals surface area contributed by atoms with Gasteiger partial charge >= 0.3 is 0 Å². The van der Waals surface area contributed by atoms with Crippen LogP contribution in [0.25, 0.3) is 10.8 Å². The SMILES string of the molecule is COc1c(F)cccc1NC(=S)C1=C(NCc2cn(C)c(=O)c3ccccc23)CCNC1=O. The van der Waals surface area contributed by atoms with E-state index >= 15 is 0 Å². The largest absolute Gasteiger partial charge is 0.492 e. The number of aromatic nitrogens is 1. The summed E-state index contributed by atoms with van der Waals surface area (Å²) >= 11 is 5.51. The number of hydrogen-bond acceptors (Lipinski definition) is 5. The molecule has 0 bridgehead atoms. The molecular weight excluding hydrogens is 443 g/mol. The van der Waals surface area contributed by atoms with Crippen molar-refractivity contribution in [3.63, 3.8) is 0 Å². The van der Waals surface area contributed by atoms with E-state index in [0.29, 0.717) is 36.3 Å². The first-order valence-electron chi connectivity index (χ1n) is 10.4. The van der Waals surface area contributed by atoms with Gasteiger partial charge < -0.3 is 25.3 Å². The lowest BCUT2D eigenvalue weighted by Crippen LogP contribution is -2.39. The van der Waals surface area contributed by atoms with Gasteiger partial charge in [-0.05, 0) is 29.1 Å². The number of hydrogen-bond donors (Lipinski definition) is 3. The molecule has 0 radical (unpaired) electrons. The number of methoxy groups -OCH3 is 1. The molecule has 7 nitrogen and oxygen atoms in total. The van der Waals surface area contributed by atoms with E-state index < -0.39 is 5.82 Å². The molecule has 1 aliphatic rings. The highest BCUT2D eigenvalue weighted by Crippen LogP contribution is 2.28. The number of nitrogens with zero attached hydrogens (tertiary/aromatic N) is 1. The van der Waals surface area contributed by atoms with Crippen LogP contribution in [0.15, 0.2) is 64.7 Å². The van der Waals surface area contributed by atoms with E-state index in [1.165, 1.54) is 19.2 Å². The van der Waals surface area contributed by atoms with E-state index in [1.807, 2.05) is 18.2 Å². The summed E-state index contributed by atoms with van der Waals surface area (Å²) in [6.45, 7) is 0.858. The first kappa shape index (κ1) is 22.5. The Balaban J connectivity index is 1.65. The van der Waals surface area contributed by atoms with Crippen LogP contribution in [0.1, 0.15) is 12.0 Å². The number of fused-ring (bicyclic) bond motifs is 1. The molecule has 0 aliphatic carbocycles. The number of amides is 1. The molecule has 2 aromatic carbocycles. The third kappa shape index (κ3) is 4.45. The van der Waals surface area contributed by atoms with E-state index in [1.54, 1.807) is 29.9 Å². The quantitative estimate of drug-likeness (QED) is 0.485. The fourth-order valence-electron chi connectivity index (χ4n) is 3.91. The van der Waals surface area contributed by atoms with E-state index in [-0.39, 0.29) is 27.8 Å². The van der Waals surface area contributed by atoms with Crippen molar-refractivity contribution in [2.75, 3.05) is 19.0 Å². The van der Waals surface area contributed by atoms with Crippen molar-refractivity contribution >= 4 is 39.6 Å². The predicted molar refractivity (Wildman–Crippen MR) is 130 cm³/mol. The lowest BCUT2D eigenvalue weighted by molar-refractivity contribution is -0.117. The number of aryl methyl sites for hydroxylation is 1. The van der Waals surface area contributed by atoms with Gasteiger partial charge in [-0.3, -0.25) is 9.59 Å². The fraction of sp³-hybridized carbons (Fsp3) is 0.208. The van der Waals surface area contributed by atoms with Crippen molar-refractivity contribution in [2.45, 2.75) is 13.0 Å². The van der Waals surface area contributed by atoms with Crippen LogP contribution >= 0.6 is 12.2 Å². The Morgan fingerprint density at radius 3 is 2.70 bits per heavy atom. The number of benzene rings is 2. The molecule has 3 N–H and O–H groups in total. The van der Waals surface area contributed by atoms with E-state index in [4.69, 9.17) is 17.0 Å². The normalized spacial score (nSPS) is 13.6. The minimum absolute atomic E-state index is 0.0165. The average Bonchev–Trinajstić information content (AvgIpc) is 2.80. The Hall–Kier alpha value is -3.72. The summed E-state index contributed by atoms with van der Waals surface area (Å²) < 4.78 is 20.7. The Kier molecular flexibility index (Phi) is 6.41. The first-order chi connectivity index (χ1) is 15.9. The number of thiocarbonyl (C=S) groups is 1. The summed E-state index contributed by atoms with van der Waals surface area (Å²) in [5, 5.41) is 10.5. The second kappa shape index (κ2) is 9.41. The van der Waals surface area contributed by atoms with Gasteiger partial charge in [0.05, 0.1) is 18.4 Å². The van der Waals surface area contributed by atoms with Crippen molar-refractivity contribution in [1.29, 1.82) is 0 Å². The van der Waals surface area contributed by atoms with Gasteiger partial charge in [-0.2, -0.15) is 0 Å². The highest BCUT2D eigenvalue weighted by atomic mass is 32.1. The molecule has 1 aromatic heterocycles. The van der Waals surface area contributed by atoms with Gasteiger partial charge in [0.25, 0.3) is 11.5 Å². The summed E-state index contributed by atoms with van der Waals surface area (Å²) in [4.78, 5) is 25.3. The molecule has 3 aromatic rings. The number of carbonyl (C=O) groups excluding carboxylic acids is 1. The molecule has 0 saturated carbocycles. The van der Waals surface area contributed by atoms with Crippen LogP contribution < -0.4 is 26.2 Å². The standard InChI is InChI=1S/C24H23FN4O3S/c1-29-13-14(15-6-3-4-7-16(15)24(29)31)12-27-18-10-11-26-22(30)20(18)23(33)28-19-9-5-8-17(25)21(19)32-2/h3-9,13,27H,10-12H2,1-2H3,(H,26,30)(H,28,33). The molecule has 1 amide bonds. The van der Waals surface area contributed by atoms with E-state index in [2.05, 4.69) is 16.0 Å². The Bertz CT molecular complexity index is 1350. The molecule has 33 heavy (non-hydrogen) atoms. The van der Waals surface area contributed by atoms with E-state index in [0.717, 1.165) is 10.9 Å². The molecule has 0 atom stereocenters. The maximum atomic E-state index is 14.1. The van der Waals surface area contributed by atoms with Crippen molar-refractivity contribution in [2.24, 2.45) is 7.05 Å². The molecule has 0 saturated heterocycles. The second-order valence-corrected chi connectivity index (χ2v) is 8.01. The fourth-order valence-corrected chi connectivity index (χ4v) is 4.24. The van der Waals surface area contributed by atoms with Crippen LogP contribution in [0, 0.1) is 5.82 Å². The second-order valence-electron chi connectivity index (χ2n) is 7.60. The predicted octanol–water partition coefficient (Wildman–Crippen LogP) is 2.99. The first-order valence-corrected chi connectivity index (χ1v) is 10.8. The molecule has 0 spiro atoms. The summed E-state index contributed by atoms with van der Waals surface area (Å²) in [7, 11) is 3.08. The molecule has 0 unspecified atom stereocenters. The number of rotatable bonds is 6. The van der Waals surface area contributed by atoms with E-state index in [9.17, 15) is 14.0 Å². The van der Waals surface area contributed by atoms with Crippen LogP contribution in [0.4, 0.5) is 10.1 Å². The Labute approximate surface area is 195 Å². The van der Waals surface area contributed by atoms with Gasteiger partial charge in [0.1, 0.15) is 4.99 Å². The van der Waals surface area contributed by atoms with Gasteiger partial charge in [-0.25, -0.2) is 4.39 Å². The maximum absolute atomic E-state index is 14.1. The molecule has 9 heteroatoms. The third-order valence-electron chi connectivity index (χ3n) is 5.50. The van der Waals surface area contributed by atoms with Gasteiger partial charge in [-0.1, -0.05) is 36.5 Å².